The van der Waals surface area contributed by atoms with Crippen LogP contribution < -0.4 is 11.5 Å². The van der Waals surface area contributed by atoms with Crippen LogP contribution in [0.1, 0.15) is 30.0 Å². The van der Waals surface area contributed by atoms with Crippen molar-refractivity contribution in [3.63, 3.8) is 0 Å². The van der Waals surface area contributed by atoms with E-state index >= 15 is 0 Å². The molecule has 1 aromatic carbocycles. The summed E-state index contributed by atoms with van der Waals surface area (Å²) in [5, 5.41) is 0. The molecule has 26 heavy (non-hydrogen) atoms. The van der Waals surface area contributed by atoms with Gasteiger partial charge < -0.3 is 16.4 Å². The lowest BCUT2D eigenvalue weighted by atomic mass is 9.93. The number of nitrogens with zero attached hydrogens (tertiary/aromatic N) is 2. The van der Waals surface area contributed by atoms with Crippen molar-refractivity contribution < 1.29 is 0 Å². The van der Waals surface area contributed by atoms with E-state index in [2.05, 4.69) is 49.2 Å². The van der Waals surface area contributed by atoms with Gasteiger partial charge in [0.2, 0.25) is 0 Å². The number of hydrogen-bond donors (Lipinski definition) is 2. The van der Waals surface area contributed by atoms with Gasteiger partial charge >= 0.3 is 0 Å². The first-order chi connectivity index (χ1) is 12.5. The summed E-state index contributed by atoms with van der Waals surface area (Å²) in [5.41, 5.74) is 18.2. The molecule has 0 amide bonds. The molecule has 4 nitrogen and oxygen atoms in total. The van der Waals surface area contributed by atoms with E-state index in [-0.39, 0.29) is 6.04 Å². The van der Waals surface area contributed by atoms with Crippen LogP contribution >= 0.6 is 0 Å². The predicted molar refractivity (Wildman–Crippen MR) is 113 cm³/mol. The van der Waals surface area contributed by atoms with Crippen molar-refractivity contribution in [2.45, 2.75) is 32.7 Å². The Morgan fingerprint density at radius 3 is 2.85 bits per heavy atom. The number of hydrogen-bond acceptors (Lipinski definition) is 3. The number of fused-ring (bicyclic) bond motifs is 1. The molecule has 2 rings (SSSR count). The average molecular weight is 351 g/mol. The summed E-state index contributed by atoms with van der Waals surface area (Å²) in [6, 6.07) is 6.38. The van der Waals surface area contributed by atoms with E-state index in [9.17, 15) is 0 Å². The number of allylic oxidation sites excluding steroid dienone is 4. The van der Waals surface area contributed by atoms with E-state index in [1.165, 1.54) is 22.3 Å². The molecule has 0 bridgehead atoms. The summed E-state index contributed by atoms with van der Waals surface area (Å²) in [6.45, 7) is 5.12. The van der Waals surface area contributed by atoms with E-state index in [0.29, 0.717) is 0 Å². The molecular weight excluding hydrogens is 320 g/mol. The fourth-order valence-corrected chi connectivity index (χ4v) is 2.87. The topological polar surface area (TPSA) is 67.6 Å². The number of benzene rings is 1. The van der Waals surface area contributed by atoms with Gasteiger partial charge in [-0.05, 0) is 67.3 Å². The summed E-state index contributed by atoms with van der Waals surface area (Å²) in [7, 11) is 1.99. The highest BCUT2D eigenvalue weighted by molar-refractivity contribution is 5.77. The first kappa shape index (κ1) is 19.7. The number of aryl methyl sites for hydroxylation is 2. The van der Waals surface area contributed by atoms with Gasteiger partial charge in [0.25, 0.3) is 0 Å². The van der Waals surface area contributed by atoms with Crippen molar-refractivity contribution in [3.8, 4) is 0 Å². The second-order valence-corrected chi connectivity index (χ2v) is 6.59. The molecule has 1 atom stereocenters. The van der Waals surface area contributed by atoms with Gasteiger partial charge in [-0.3, -0.25) is 0 Å². The van der Waals surface area contributed by atoms with Gasteiger partial charge in [0, 0.05) is 19.8 Å². The molecule has 1 unspecified atom stereocenters. The lowest BCUT2D eigenvalue weighted by Crippen LogP contribution is -2.19. The van der Waals surface area contributed by atoms with Crippen molar-refractivity contribution in [2.75, 3.05) is 13.6 Å². The van der Waals surface area contributed by atoms with E-state index in [1.807, 2.05) is 24.1 Å². The zero-order valence-corrected chi connectivity index (χ0v) is 16.0. The maximum absolute atomic E-state index is 6.51. The van der Waals surface area contributed by atoms with E-state index in [0.717, 1.165) is 25.0 Å². The molecule has 0 heterocycles. The normalized spacial score (nSPS) is 17.7. The van der Waals surface area contributed by atoms with Crippen molar-refractivity contribution in [2.24, 2.45) is 16.5 Å². The van der Waals surface area contributed by atoms with E-state index in [1.54, 1.807) is 18.7 Å². The standard InChI is InChI=1S/C22H30N4/c1-4-26(3)16-25-13-11-22(24)21-15-18(6-5-12-23)8-10-19-9-7-17(2)14-20(19)21/h5-7,9,11-16,22H,4,8,10,23-24H2,1-3H3/b12-5-,13-11+,18-6+,25-16?. The Morgan fingerprint density at radius 2 is 2.12 bits per heavy atom. The second kappa shape index (κ2) is 9.78. The largest absolute Gasteiger partial charge is 0.405 e. The Labute approximate surface area is 157 Å². The monoisotopic (exact) mass is 350 g/mol. The van der Waals surface area contributed by atoms with Gasteiger partial charge in [0.1, 0.15) is 0 Å². The molecular formula is C22H30N4. The van der Waals surface area contributed by atoms with Crippen LogP contribution in [-0.2, 0) is 6.42 Å². The van der Waals surface area contributed by atoms with Crippen molar-refractivity contribution in [1.29, 1.82) is 0 Å². The zero-order chi connectivity index (χ0) is 18.9. The van der Waals surface area contributed by atoms with Crippen LogP contribution in [0.4, 0.5) is 0 Å². The van der Waals surface area contributed by atoms with Gasteiger partial charge in [-0.25, -0.2) is 4.99 Å². The lowest BCUT2D eigenvalue weighted by Gasteiger charge is -2.15. The van der Waals surface area contributed by atoms with Gasteiger partial charge in [-0.2, -0.15) is 0 Å². The number of aliphatic imine (C=N–C) groups is 1. The van der Waals surface area contributed by atoms with Gasteiger partial charge in [0.15, 0.2) is 0 Å². The quantitative estimate of drug-likeness (QED) is 0.609. The third kappa shape index (κ3) is 5.46. The molecule has 0 saturated heterocycles. The molecule has 0 aliphatic heterocycles. The molecule has 0 aromatic heterocycles. The third-order valence-electron chi connectivity index (χ3n) is 4.52. The Balaban J connectivity index is 2.36. The lowest BCUT2D eigenvalue weighted by molar-refractivity contribution is 0.552. The Bertz CT molecular complexity index is 753. The van der Waals surface area contributed by atoms with Crippen LogP contribution in [0.5, 0.6) is 0 Å². The zero-order valence-electron chi connectivity index (χ0n) is 16.0. The van der Waals surface area contributed by atoms with Crippen LogP contribution in [0.2, 0.25) is 0 Å². The molecule has 0 spiro atoms. The molecule has 1 aliphatic rings. The highest BCUT2D eigenvalue weighted by Crippen LogP contribution is 2.31. The second-order valence-electron chi connectivity index (χ2n) is 6.59. The molecule has 0 saturated carbocycles. The van der Waals surface area contributed by atoms with Crippen LogP contribution in [-0.4, -0.2) is 30.9 Å². The molecule has 0 fully saturated rings. The summed E-state index contributed by atoms with van der Waals surface area (Å²) in [6.07, 6.45) is 15.2. The summed E-state index contributed by atoms with van der Waals surface area (Å²) < 4.78 is 0. The predicted octanol–water partition coefficient (Wildman–Crippen LogP) is 3.54. The highest BCUT2D eigenvalue weighted by Gasteiger charge is 2.17. The summed E-state index contributed by atoms with van der Waals surface area (Å²) >= 11 is 0. The molecule has 0 radical (unpaired) electrons. The maximum atomic E-state index is 6.51. The van der Waals surface area contributed by atoms with E-state index < -0.39 is 0 Å². The minimum absolute atomic E-state index is 0.219. The fraction of sp³-hybridized carbons (Fsp3) is 0.318. The summed E-state index contributed by atoms with van der Waals surface area (Å²) in [5.74, 6) is 0. The van der Waals surface area contributed by atoms with Crippen LogP contribution in [0, 0.1) is 6.92 Å². The number of rotatable bonds is 6. The molecule has 1 aliphatic carbocycles. The first-order valence-corrected chi connectivity index (χ1v) is 9.09. The molecule has 4 heteroatoms. The Hall–Kier alpha value is -2.59. The van der Waals surface area contributed by atoms with Crippen molar-refractivity contribution >= 4 is 11.9 Å². The Kier molecular flexibility index (Phi) is 7.42. The fourth-order valence-electron chi connectivity index (χ4n) is 2.87. The van der Waals surface area contributed by atoms with Gasteiger partial charge in [-0.15, -0.1) is 0 Å². The molecule has 1 aromatic rings. The maximum Gasteiger partial charge on any atom is 0.0902 e. The minimum Gasteiger partial charge on any atom is -0.405 e. The first-order valence-electron chi connectivity index (χ1n) is 9.09. The van der Waals surface area contributed by atoms with Crippen molar-refractivity contribution in [1.82, 2.24) is 4.90 Å². The highest BCUT2D eigenvalue weighted by atomic mass is 15.1. The third-order valence-corrected chi connectivity index (χ3v) is 4.52. The van der Waals surface area contributed by atoms with Crippen LogP contribution in [0.25, 0.3) is 5.57 Å². The smallest absolute Gasteiger partial charge is 0.0902 e. The van der Waals surface area contributed by atoms with E-state index in [4.69, 9.17) is 11.5 Å². The number of nitrogens with two attached hydrogens (primary N) is 2. The SMILES string of the molecule is CCN(C)C=N/C=C/C(N)C1=C/C(=C/C=C\N)CCc2ccc(C)cc21. The molecule has 4 N–H and O–H groups in total. The van der Waals surface area contributed by atoms with Crippen LogP contribution in [0.3, 0.4) is 0 Å². The average Bonchev–Trinajstić information content (AvgIpc) is 2.82. The van der Waals surface area contributed by atoms with Gasteiger partial charge in [0.05, 0.1) is 12.4 Å². The molecule has 138 valence electrons. The summed E-state index contributed by atoms with van der Waals surface area (Å²) in [4.78, 5) is 6.33. The van der Waals surface area contributed by atoms with Crippen molar-refractivity contribution in [3.05, 3.63) is 77.2 Å². The minimum atomic E-state index is -0.219. The van der Waals surface area contributed by atoms with Gasteiger partial charge in [-0.1, -0.05) is 35.9 Å². The Morgan fingerprint density at radius 1 is 1.31 bits per heavy atom. The van der Waals surface area contributed by atoms with Crippen LogP contribution in [0.15, 0.2) is 65.5 Å².